The first kappa shape index (κ1) is 30.1. The Balaban J connectivity index is 1.57. The van der Waals surface area contributed by atoms with E-state index in [4.69, 9.17) is 0 Å². The third-order valence-corrected chi connectivity index (χ3v) is 6.21. The van der Waals surface area contributed by atoms with Gasteiger partial charge < -0.3 is 10.6 Å². The lowest BCUT2D eigenvalue weighted by Crippen LogP contribution is -2.39. The van der Waals surface area contributed by atoms with E-state index < -0.39 is 47.0 Å². The zero-order valence-corrected chi connectivity index (χ0v) is 19.4. The molecule has 212 valence electrons. The largest absolute Gasteiger partial charge is 0.416 e. The lowest BCUT2D eigenvalue weighted by molar-refractivity contribution is -0.144. The third-order valence-electron chi connectivity index (χ3n) is 6.21. The first-order valence-electron chi connectivity index (χ1n) is 11.4. The summed E-state index contributed by atoms with van der Waals surface area (Å²) in [6.45, 7) is -0.500. The van der Waals surface area contributed by atoms with Crippen molar-refractivity contribution in [2.24, 2.45) is 0 Å². The number of hydrogen-bond acceptors (Lipinski definition) is 2. The van der Waals surface area contributed by atoms with Crippen molar-refractivity contribution in [3.05, 3.63) is 69.8 Å². The van der Waals surface area contributed by atoms with E-state index in [2.05, 4.69) is 10.6 Å². The van der Waals surface area contributed by atoms with Gasteiger partial charge in [-0.05, 0) is 73.2 Å². The predicted octanol–water partition coefficient (Wildman–Crippen LogP) is 7.95. The Hall–Kier alpha value is -2.48. The zero-order chi connectivity index (χ0) is 28.5. The fourth-order valence-electron chi connectivity index (χ4n) is 4.27. The van der Waals surface area contributed by atoms with Gasteiger partial charge in [0, 0.05) is 25.2 Å². The molecule has 2 aromatic carbocycles. The quantitative estimate of drug-likeness (QED) is 0.347. The second kappa shape index (κ2) is 10.9. The van der Waals surface area contributed by atoms with E-state index in [1.807, 2.05) is 0 Å². The monoisotopic (exact) mass is 566 g/mol. The van der Waals surface area contributed by atoms with Crippen molar-refractivity contribution >= 4 is 0 Å². The van der Waals surface area contributed by atoms with Crippen LogP contribution in [0.3, 0.4) is 0 Å². The van der Waals surface area contributed by atoms with E-state index in [9.17, 15) is 52.7 Å². The van der Waals surface area contributed by atoms with Gasteiger partial charge in [-0.1, -0.05) is 0 Å². The minimum absolute atomic E-state index is 0.0441. The second-order valence-corrected chi connectivity index (χ2v) is 9.14. The Labute approximate surface area is 209 Å². The molecule has 2 nitrogen and oxygen atoms in total. The van der Waals surface area contributed by atoms with Crippen LogP contribution in [-0.2, 0) is 37.8 Å². The molecule has 0 amide bonds. The van der Waals surface area contributed by atoms with E-state index in [0.717, 1.165) is 0 Å². The molecular weight excluding hydrogens is 544 g/mol. The Morgan fingerprint density at radius 1 is 0.447 bits per heavy atom. The topological polar surface area (TPSA) is 24.1 Å². The van der Waals surface area contributed by atoms with Gasteiger partial charge in [0.2, 0.25) is 0 Å². The van der Waals surface area contributed by atoms with Gasteiger partial charge in [0.1, 0.15) is 0 Å². The molecule has 1 fully saturated rings. The highest BCUT2D eigenvalue weighted by Gasteiger charge is 2.38. The summed E-state index contributed by atoms with van der Waals surface area (Å²) < 4.78 is 156. The van der Waals surface area contributed by atoms with Gasteiger partial charge in [0.15, 0.2) is 0 Å². The van der Waals surface area contributed by atoms with Crippen molar-refractivity contribution in [1.82, 2.24) is 10.6 Å². The molecule has 0 radical (unpaired) electrons. The summed E-state index contributed by atoms with van der Waals surface area (Å²) in [5.74, 6) is 0. The number of alkyl halides is 12. The molecule has 1 saturated carbocycles. The first-order chi connectivity index (χ1) is 17.3. The zero-order valence-electron chi connectivity index (χ0n) is 19.4. The van der Waals surface area contributed by atoms with Crippen LogP contribution in [0.25, 0.3) is 0 Å². The lowest BCUT2D eigenvalue weighted by atomic mass is 9.90. The third kappa shape index (κ3) is 8.26. The SMILES string of the molecule is FC(F)(F)c1cc(CNC2CCC(NCc3cc(C(F)(F)F)cc(C(F)(F)F)c3)CC2)cc(C(F)(F)F)c1. The summed E-state index contributed by atoms with van der Waals surface area (Å²) in [5, 5.41) is 5.85. The fraction of sp³-hybridized carbons (Fsp3) is 0.500. The van der Waals surface area contributed by atoms with Gasteiger partial charge in [0.05, 0.1) is 22.3 Å². The van der Waals surface area contributed by atoms with Crippen LogP contribution in [0, 0.1) is 0 Å². The molecule has 0 unspecified atom stereocenters. The Kier molecular flexibility index (Phi) is 8.66. The van der Waals surface area contributed by atoms with Gasteiger partial charge in [-0.2, -0.15) is 52.7 Å². The van der Waals surface area contributed by atoms with Crippen LogP contribution in [0.4, 0.5) is 52.7 Å². The molecule has 14 heteroatoms. The fourth-order valence-corrected chi connectivity index (χ4v) is 4.27. The Morgan fingerprint density at radius 3 is 0.895 bits per heavy atom. The maximum atomic E-state index is 13.0. The molecule has 0 atom stereocenters. The summed E-state index contributed by atoms with van der Waals surface area (Å²) in [6, 6.07) is 2.15. The van der Waals surface area contributed by atoms with E-state index in [0.29, 0.717) is 49.9 Å². The summed E-state index contributed by atoms with van der Waals surface area (Å²) in [4.78, 5) is 0. The molecule has 2 N–H and O–H groups in total. The lowest BCUT2D eigenvalue weighted by Gasteiger charge is -2.30. The van der Waals surface area contributed by atoms with Crippen molar-refractivity contribution in [2.75, 3.05) is 0 Å². The molecule has 0 aromatic heterocycles. The molecule has 0 heterocycles. The molecule has 0 aliphatic heterocycles. The molecule has 0 saturated heterocycles. The van der Waals surface area contributed by atoms with Crippen molar-refractivity contribution < 1.29 is 52.7 Å². The Morgan fingerprint density at radius 2 is 0.684 bits per heavy atom. The minimum Gasteiger partial charge on any atom is -0.310 e. The van der Waals surface area contributed by atoms with Gasteiger partial charge in [0.25, 0.3) is 0 Å². The van der Waals surface area contributed by atoms with E-state index in [1.54, 1.807) is 0 Å². The minimum atomic E-state index is -4.96. The molecule has 2 aromatic rings. The summed E-state index contributed by atoms with van der Waals surface area (Å²) in [7, 11) is 0. The maximum Gasteiger partial charge on any atom is 0.416 e. The van der Waals surface area contributed by atoms with Crippen LogP contribution in [0.1, 0.15) is 59.1 Å². The number of nitrogens with one attached hydrogen (secondary N) is 2. The molecular formula is C24H22F12N2. The van der Waals surface area contributed by atoms with Crippen LogP contribution in [0.15, 0.2) is 36.4 Å². The normalized spacial score (nSPS) is 19.6. The van der Waals surface area contributed by atoms with Crippen LogP contribution in [0.2, 0.25) is 0 Å². The standard InChI is InChI=1S/C24H22F12N2/c25-21(26,27)15-5-13(6-16(9-15)22(28,29)30)11-37-19-1-2-20(4-3-19)38-12-14-7-17(23(31,32)33)10-18(8-14)24(34,35)36/h5-10,19-20,37-38H,1-4,11-12H2. The van der Waals surface area contributed by atoms with Gasteiger partial charge in [-0.3, -0.25) is 0 Å². The predicted molar refractivity (Wildman–Crippen MR) is 113 cm³/mol. The number of hydrogen-bond donors (Lipinski definition) is 2. The van der Waals surface area contributed by atoms with E-state index in [1.165, 1.54) is 0 Å². The van der Waals surface area contributed by atoms with Crippen LogP contribution < -0.4 is 10.6 Å². The van der Waals surface area contributed by atoms with Crippen LogP contribution >= 0.6 is 0 Å². The van der Waals surface area contributed by atoms with Crippen molar-refractivity contribution in [3.63, 3.8) is 0 Å². The molecule has 0 bridgehead atoms. The Bertz CT molecular complexity index is 940. The summed E-state index contributed by atoms with van der Waals surface area (Å²) in [6.07, 6.45) is -18.1. The maximum absolute atomic E-state index is 13.0. The number of rotatable bonds is 6. The molecule has 0 spiro atoms. The number of halogens is 12. The highest BCUT2D eigenvalue weighted by molar-refractivity contribution is 5.34. The van der Waals surface area contributed by atoms with Crippen molar-refractivity contribution in [2.45, 2.75) is 75.6 Å². The van der Waals surface area contributed by atoms with Gasteiger partial charge in [-0.15, -0.1) is 0 Å². The second-order valence-electron chi connectivity index (χ2n) is 9.14. The van der Waals surface area contributed by atoms with E-state index in [-0.39, 0.29) is 48.4 Å². The van der Waals surface area contributed by atoms with Gasteiger partial charge in [-0.25, -0.2) is 0 Å². The van der Waals surface area contributed by atoms with E-state index >= 15 is 0 Å². The van der Waals surface area contributed by atoms with Crippen molar-refractivity contribution in [1.29, 1.82) is 0 Å². The average Bonchev–Trinajstić information content (AvgIpc) is 2.79. The van der Waals surface area contributed by atoms with Crippen molar-refractivity contribution in [3.8, 4) is 0 Å². The highest BCUT2D eigenvalue weighted by atomic mass is 19.4. The van der Waals surface area contributed by atoms with Crippen LogP contribution in [0.5, 0.6) is 0 Å². The first-order valence-corrected chi connectivity index (χ1v) is 11.4. The highest BCUT2D eigenvalue weighted by Crippen LogP contribution is 2.38. The summed E-state index contributed by atoms with van der Waals surface area (Å²) >= 11 is 0. The smallest absolute Gasteiger partial charge is 0.310 e. The average molecular weight is 566 g/mol. The molecule has 1 aliphatic carbocycles. The van der Waals surface area contributed by atoms with Crippen LogP contribution in [-0.4, -0.2) is 12.1 Å². The molecule has 38 heavy (non-hydrogen) atoms. The number of benzene rings is 2. The summed E-state index contributed by atoms with van der Waals surface area (Å²) in [5.41, 5.74) is -6.06. The molecule has 3 rings (SSSR count). The molecule has 1 aliphatic rings. The van der Waals surface area contributed by atoms with Gasteiger partial charge >= 0.3 is 24.7 Å².